The first-order valence-electron chi connectivity index (χ1n) is 6.00. The predicted octanol–water partition coefficient (Wildman–Crippen LogP) is 3.29. The Morgan fingerprint density at radius 1 is 1.42 bits per heavy atom. The molecule has 3 N–H and O–H groups in total. The van der Waals surface area contributed by atoms with Gasteiger partial charge in [-0.1, -0.05) is 13.8 Å². The lowest BCUT2D eigenvalue weighted by Gasteiger charge is -2.17. The van der Waals surface area contributed by atoms with Crippen LogP contribution >= 0.6 is 15.9 Å². The third-order valence-corrected chi connectivity index (χ3v) is 3.29. The Kier molecular flexibility index (Phi) is 5.87. The Hall–Kier alpha value is -1.01. The number of rotatable bonds is 5. The minimum Gasteiger partial charge on any atom is -0.330 e. The molecule has 0 saturated carbocycles. The van der Waals surface area contributed by atoms with Crippen molar-refractivity contribution < 1.29 is 13.6 Å². The Morgan fingerprint density at radius 2 is 2.05 bits per heavy atom. The van der Waals surface area contributed by atoms with Gasteiger partial charge in [0, 0.05) is 17.1 Å². The van der Waals surface area contributed by atoms with Crippen molar-refractivity contribution in [3.05, 3.63) is 28.2 Å². The summed E-state index contributed by atoms with van der Waals surface area (Å²) in [6.45, 7) is 4.14. The molecule has 0 saturated heterocycles. The van der Waals surface area contributed by atoms with Gasteiger partial charge in [0.05, 0.1) is 11.6 Å². The van der Waals surface area contributed by atoms with Crippen LogP contribution in [0, 0.1) is 23.5 Å². The van der Waals surface area contributed by atoms with Crippen LogP contribution in [0.5, 0.6) is 0 Å². The van der Waals surface area contributed by atoms with E-state index in [0.717, 1.165) is 12.1 Å². The Bertz CT molecular complexity index is 443. The van der Waals surface area contributed by atoms with Crippen molar-refractivity contribution in [3.8, 4) is 0 Å². The molecule has 1 rings (SSSR count). The highest BCUT2D eigenvalue weighted by atomic mass is 79.9. The zero-order valence-corrected chi connectivity index (χ0v) is 12.4. The maximum Gasteiger partial charge on any atom is 0.228 e. The van der Waals surface area contributed by atoms with Crippen LogP contribution in [0.25, 0.3) is 0 Å². The van der Waals surface area contributed by atoms with Crippen molar-refractivity contribution in [2.24, 2.45) is 17.6 Å². The largest absolute Gasteiger partial charge is 0.330 e. The molecule has 106 valence electrons. The number of benzene rings is 1. The van der Waals surface area contributed by atoms with E-state index in [9.17, 15) is 13.6 Å². The maximum atomic E-state index is 13.6. The molecule has 0 aromatic heterocycles. The summed E-state index contributed by atoms with van der Waals surface area (Å²) >= 11 is 3.02. The molecule has 1 aromatic rings. The average molecular weight is 335 g/mol. The first kappa shape index (κ1) is 16.0. The van der Waals surface area contributed by atoms with Gasteiger partial charge in [0.1, 0.15) is 5.82 Å². The van der Waals surface area contributed by atoms with Crippen LogP contribution in [0.4, 0.5) is 14.5 Å². The van der Waals surface area contributed by atoms with Crippen LogP contribution in [0.1, 0.15) is 20.3 Å². The summed E-state index contributed by atoms with van der Waals surface area (Å²) in [5.41, 5.74) is 5.49. The molecule has 0 aliphatic rings. The summed E-state index contributed by atoms with van der Waals surface area (Å²) in [4.78, 5) is 12.0. The fourth-order valence-electron chi connectivity index (χ4n) is 1.77. The molecule has 1 amide bonds. The molecule has 0 spiro atoms. The van der Waals surface area contributed by atoms with E-state index in [0.29, 0.717) is 12.3 Å². The lowest BCUT2D eigenvalue weighted by atomic mass is 9.96. The molecular weight excluding hydrogens is 318 g/mol. The summed E-state index contributed by atoms with van der Waals surface area (Å²) in [6, 6.07) is 1.82. The number of halogens is 3. The standard InChI is InChI=1S/C13H17BrF2N2O/c1-7(2)3-8(6-17)13(19)18-12-10(14)4-9(15)5-11(12)16/h4-5,7-8H,3,6,17H2,1-2H3,(H,18,19). The Morgan fingerprint density at radius 3 is 2.53 bits per heavy atom. The van der Waals surface area contributed by atoms with Crippen LogP contribution in [-0.4, -0.2) is 12.5 Å². The van der Waals surface area contributed by atoms with Gasteiger partial charge in [-0.25, -0.2) is 8.78 Å². The highest BCUT2D eigenvalue weighted by Crippen LogP contribution is 2.27. The van der Waals surface area contributed by atoms with Gasteiger partial charge in [0.2, 0.25) is 5.91 Å². The minimum atomic E-state index is -0.819. The van der Waals surface area contributed by atoms with Gasteiger partial charge in [-0.2, -0.15) is 0 Å². The number of amides is 1. The lowest BCUT2D eigenvalue weighted by molar-refractivity contribution is -0.120. The fraction of sp³-hybridized carbons (Fsp3) is 0.462. The van der Waals surface area contributed by atoms with E-state index in [4.69, 9.17) is 5.73 Å². The van der Waals surface area contributed by atoms with Gasteiger partial charge in [-0.3, -0.25) is 4.79 Å². The van der Waals surface area contributed by atoms with E-state index in [1.54, 1.807) is 0 Å². The van der Waals surface area contributed by atoms with Gasteiger partial charge in [0.25, 0.3) is 0 Å². The minimum absolute atomic E-state index is 0.0615. The van der Waals surface area contributed by atoms with Gasteiger partial charge < -0.3 is 11.1 Å². The van der Waals surface area contributed by atoms with Gasteiger partial charge >= 0.3 is 0 Å². The quantitative estimate of drug-likeness (QED) is 0.868. The van der Waals surface area contributed by atoms with Crippen LogP contribution in [-0.2, 0) is 4.79 Å². The Balaban J connectivity index is 2.87. The first-order valence-corrected chi connectivity index (χ1v) is 6.80. The second-order valence-corrected chi connectivity index (χ2v) is 5.65. The van der Waals surface area contributed by atoms with Crippen molar-refractivity contribution in [2.45, 2.75) is 20.3 Å². The van der Waals surface area contributed by atoms with Crippen LogP contribution in [0.3, 0.4) is 0 Å². The van der Waals surface area contributed by atoms with E-state index < -0.39 is 17.6 Å². The molecule has 0 aliphatic carbocycles. The van der Waals surface area contributed by atoms with Crippen molar-refractivity contribution in [1.29, 1.82) is 0 Å². The Labute approximate surface area is 119 Å². The van der Waals surface area contributed by atoms with Gasteiger partial charge in [-0.15, -0.1) is 0 Å². The summed E-state index contributed by atoms with van der Waals surface area (Å²) in [6.07, 6.45) is 0.614. The van der Waals surface area contributed by atoms with E-state index in [1.807, 2.05) is 13.8 Å². The van der Waals surface area contributed by atoms with Crippen LogP contribution < -0.4 is 11.1 Å². The normalized spacial score (nSPS) is 12.6. The molecule has 0 fully saturated rings. The molecule has 1 aromatic carbocycles. The van der Waals surface area contributed by atoms with E-state index in [-0.39, 0.29) is 22.6 Å². The smallest absolute Gasteiger partial charge is 0.228 e. The number of nitrogens with one attached hydrogen (secondary N) is 1. The molecule has 0 aliphatic heterocycles. The van der Waals surface area contributed by atoms with E-state index >= 15 is 0 Å². The maximum absolute atomic E-state index is 13.6. The third kappa shape index (κ3) is 4.54. The van der Waals surface area contributed by atoms with Gasteiger partial charge in [0.15, 0.2) is 5.82 Å². The third-order valence-electron chi connectivity index (χ3n) is 2.67. The van der Waals surface area contributed by atoms with Crippen molar-refractivity contribution in [3.63, 3.8) is 0 Å². The molecule has 0 radical (unpaired) electrons. The molecule has 19 heavy (non-hydrogen) atoms. The zero-order valence-electron chi connectivity index (χ0n) is 10.8. The van der Waals surface area contributed by atoms with Crippen molar-refractivity contribution in [1.82, 2.24) is 0 Å². The molecule has 1 atom stereocenters. The molecule has 3 nitrogen and oxygen atoms in total. The van der Waals surface area contributed by atoms with E-state index in [1.165, 1.54) is 0 Å². The molecular formula is C13H17BrF2N2O. The summed E-state index contributed by atoms with van der Waals surface area (Å²) in [7, 11) is 0. The zero-order chi connectivity index (χ0) is 14.6. The summed E-state index contributed by atoms with van der Waals surface area (Å²) in [5.74, 6) is -1.97. The predicted molar refractivity (Wildman–Crippen MR) is 74.7 cm³/mol. The second-order valence-electron chi connectivity index (χ2n) is 4.80. The van der Waals surface area contributed by atoms with Crippen LogP contribution in [0.2, 0.25) is 0 Å². The summed E-state index contributed by atoms with van der Waals surface area (Å²) in [5, 5.41) is 2.45. The topological polar surface area (TPSA) is 55.1 Å². The summed E-state index contributed by atoms with van der Waals surface area (Å²) < 4.78 is 26.7. The SMILES string of the molecule is CC(C)CC(CN)C(=O)Nc1c(F)cc(F)cc1Br. The first-order chi connectivity index (χ1) is 8.85. The van der Waals surface area contributed by atoms with Gasteiger partial charge in [-0.05, 0) is 34.3 Å². The lowest BCUT2D eigenvalue weighted by Crippen LogP contribution is -2.30. The van der Waals surface area contributed by atoms with Crippen molar-refractivity contribution >= 4 is 27.5 Å². The number of hydrogen-bond donors (Lipinski definition) is 2. The molecule has 6 heteroatoms. The van der Waals surface area contributed by atoms with E-state index in [2.05, 4.69) is 21.2 Å². The molecule has 1 unspecified atom stereocenters. The fourth-order valence-corrected chi connectivity index (χ4v) is 2.27. The highest BCUT2D eigenvalue weighted by molar-refractivity contribution is 9.10. The number of nitrogens with two attached hydrogens (primary N) is 1. The molecule has 0 bridgehead atoms. The number of anilines is 1. The molecule has 0 heterocycles. The number of carbonyl (C=O) groups excluding carboxylic acids is 1. The average Bonchev–Trinajstić information content (AvgIpc) is 2.30. The monoisotopic (exact) mass is 334 g/mol. The number of carbonyl (C=O) groups is 1. The second kappa shape index (κ2) is 6.96. The highest BCUT2D eigenvalue weighted by Gasteiger charge is 2.20. The van der Waals surface area contributed by atoms with Crippen LogP contribution in [0.15, 0.2) is 16.6 Å². The number of hydrogen-bond acceptors (Lipinski definition) is 2. The van der Waals surface area contributed by atoms with Crippen molar-refractivity contribution in [2.75, 3.05) is 11.9 Å².